The molecule has 34 heavy (non-hydrogen) atoms. The van der Waals surface area contributed by atoms with Crippen molar-refractivity contribution >= 4 is 28.1 Å². The second-order valence-electron chi connectivity index (χ2n) is 7.63. The number of hydrogen-bond acceptors (Lipinski definition) is 4. The highest BCUT2D eigenvalue weighted by Gasteiger charge is 2.39. The molecule has 0 bridgehead atoms. The first-order valence-electron chi connectivity index (χ1n) is 10.7. The summed E-state index contributed by atoms with van der Waals surface area (Å²) in [4.78, 5) is 13.1. The standard InChI is InChI=1S/C28H23BrN2O3/c29-25-15-11-22(12-16-25)20-34-26-17-13-21(14-18-26)19-30-31-27(32)28(33,23-7-3-1-4-8-23)24-9-5-2-6-10-24/h1-19,33H,20H2,(H,31,32)/b30-19+. The number of carbonyl (C=O) groups excluding carboxylic acids is 1. The molecule has 4 rings (SSSR count). The van der Waals surface area contributed by atoms with Crippen molar-refractivity contribution in [3.8, 4) is 5.75 Å². The van der Waals surface area contributed by atoms with E-state index in [2.05, 4.69) is 26.5 Å². The van der Waals surface area contributed by atoms with Crippen molar-refractivity contribution in [2.45, 2.75) is 12.2 Å². The number of halogens is 1. The topological polar surface area (TPSA) is 70.9 Å². The van der Waals surface area contributed by atoms with E-state index < -0.39 is 11.5 Å². The maximum atomic E-state index is 13.1. The lowest BCUT2D eigenvalue weighted by Gasteiger charge is -2.27. The van der Waals surface area contributed by atoms with Crippen molar-refractivity contribution < 1.29 is 14.6 Å². The molecule has 0 heterocycles. The summed E-state index contributed by atoms with van der Waals surface area (Å²) in [7, 11) is 0. The van der Waals surface area contributed by atoms with Gasteiger partial charge in [0.2, 0.25) is 0 Å². The second-order valence-corrected chi connectivity index (χ2v) is 8.54. The average Bonchev–Trinajstić information content (AvgIpc) is 2.89. The van der Waals surface area contributed by atoms with Crippen molar-refractivity contribution in [3.63, 3.8) is 0 Å². The van der Waals surface area contributed by atoms with Gasteiger partial charge in [0.15, 0.2) is 5.60 Å². The molecule has 0 aliphatic rings. The highest BCUT2D eigenvalue weighted by Crippen LogP contribution is 2.29. The molecule has 170 valence electrons. The van der Waals surface area contributed by atoms with Crippen LogP contribution in [0, 0.1) is 0 Å². The molecule has 4 aromatic carbocycles. The number of rotatable bonds is 8. The van der Waals surface area contributed by atoms with Gasteiger partial charge >= 0.3 is 0 Å². The molecule has 0 unspecified atom stereocenters. The molecule has 0 fully saturated rings. The van der Waals surface area contributed by atoms with Crippen LogP contribution in [-0.2, 0) is 17.0 Å². The maximum Gasteiger partial charge on any atom is 0.281 e. The first kappa shape index (κ1) is 23.4. The van der Waals surface area contributed by atoms with Gasteiger partial charge in [-0.25, -0.2) is 5.43 Å². The number of nitrogens with one attached hydrogen (secondary N) is 1. The quantitative estimate of drug-likeness (QED) is 0.244. The molecule has 0 aliphatic heterocycles. The van der Waals surface area contributed by atoms with E-state index in [0.29, 0.717) is 17.7 Å². The van der Waals surface area contributed by atoms with Crippen LogP contribution in [0.2, 0.25) is 0 Å². The molecular formula is C28H23BrN2O3. The molecule has 6 heteroatoms. The van der Waals surface area contributed by atoms with E-state index >= 15 is 0 Å². The Hall–Kier alpha value is -3.74. The Morgan fingerprint density at radius 2 is 1.41 bits per heavy atom. The molecule has 0 atom stereocenters. The van der Waals surface area contributed by atoms with Crippen LogP contribution < -0.4 is 10.2 Å². The Morgan fingerprint density at radius 3 is 1.97 bits per heavy atom. The number of amides is 1. The van der Waals surface area contributed by atoms with Crippen LogP contribution in [0.15, 0.2) is 119 Å². The summed E-state index contributed by atoms with van der Waals surface area (Å²) in [6.07, 6.45) is 1.52. The van der Waals surface area contributed by atoms with Crippen LogP contribution in [0.5, 0.6) is 5.75 Å². The molecular weight excluding hydrogens is 492 g/mol. The van der Waals surface area contributed by atoms with Crippen molar-refractivity contribution in [2.24, 2.45) is 5.10 Å². The smallest absolute Gasteiger partial charge is 0.281 e. The fraction of sp³-hybridized carbons (Fsp3) is 0.0714. The van der Waals surface area contributed by atoms with Crippen LogP contribution in [0.4, 0.5) is 0 Å². The van der Waals surface area contributed by atoms with Crippen LogP contribution in [0.3, 0.4) is 0 Å². The summed E-state index contributed by atoms with van der Waals surface area (Å²) in [5.41, 5.74) is 3.38. The Balaban J connectivity index is 1.41. The third-order valence-corrected chi connectivity index (χ3v) is 5.82. The molecule has 4 aromatic rings. The summed E-state index contributed by atoms with van der Waals surface area (Å²) in [5.74, 6) is 0.0854. The van der Waals surface area contributed by atoms with Gasteiger partial charge in [0.1, 0.15) is 12.4 Å². The van der Waals surface area contributed by atoms with Gasteiger partial charge in [0, 0.05) is 4.47 Å². The predicted octanol–water partition coefficient (Wildman–Crippen LogP) is 5.41. The molecule has 2 N–H and O–H groups in total. The summed E-state index contributed by atoms with van der Waals surface area (Å²) >= 11 is 3.42. The lowest BCUT2D eigenvalue weighted by atomic mass is 9.85. The van der Waals surface area contributed by atoms with Gasteiger partial charge in [0.25, 0.3) is 5.91 Å². The zero-order valence-electron chi connectivity index (χ0n) is 18.3. The first-order valence-corrected chi connectivity index (χ1v) is 11.5. The highest BCUT2D eigenvalue weighted by molar-refractivity contribution is 9.10. The fourth-order valence-electron chi connectivity index (χ4n) is 3.43. The van der Waals surface area contributed by atoms with E-state index in [9.17, 15) is 9.90 Å². The SMILES string of the molecule is O=C(N/N=C/c1ccc(OCc2ccc(Br)cc2)cc1)C(O)(c1ccccc1)c1ccccc1. The Bertz CT molecular complexity index is 1200. The Labute approximate surface area is 206 Å². The largest absolute Gasteiger partial charge is 0.489 e. The molecule has 0 radical (unpaired) electrons. The van der Waals surface area contributed by atoms with Gasteiger partial charge in [-0.2, -0.15) is 5.10 Å². The lowest BCUT2D eigenvalue weighted by Crippen LogP contribution is -2.43. The summed E-state index contributed by atoms with van der Waals surface area (Å²) < 4.78 is 6.84. The van der Waals surface area contributed by atoms with Gasteiger partial charge < -0.3 is 9.84 Å². The van der Waals surface area contributed by atoms with Crippen molar-refractivity contribution in [1.29, 1.82) is 0 Å². The average molecular weight is 515 g/mol. The van der Waals surface area contributed by atoms with Crippen LogP contribution in [-0.4, -0.2) is 17.2 Å². The third kappa shape index (κ3) is 5.60. The maximum absolute atomic E-state index is 13.1. The zero-order chi connectivity index (χ0) is 23.8. The third-order valence-electron chi connectivity index (χ3n) is 5.29. The number of nitrogens with zero attached hydrogens (tertiary/aromatic N) is 1. The number of ether oxygens (including phenoxy) is 1. The van der Waals surface area contributed by atoms with E-state index in [0.717, 1.165) is 21.3 Å². The number of benzene rings is 4. The van der Waals surface area contributed by atoms with Gasteiger partial charge in [0.05, 0.1) is 6.21 Å². The van der Waals surface area contributed by atoms with E-state index in [1.807, 2.05) is 60.7 Å². The first-order chi connectivity index (χ1) is 16.6. The number of aliphatic hydroxyl groups is 1. The molecule has 0 spiro atoms. The minimum absolute atomic E-state index is 0.459. The highest BCUT2D eigenvalue weighted by atomic mass is 79.9. The van der Waals surface area contributed by atoms with Crippen molar-refractivity contribution in [2.75, 3.05) is 0 Å². The van der Waals surface area contributed by atoms with Gasteiger partial charge in [-0.1, -0.05) is 88.7 Å². The summed E-state index contributed by atoms with van der Waals surface area (Å²) in [6.45, 7) is 0.467. The Kier molecular flexibility index (Phi) is 7.52. The van der Waals surface area contributed by atoms with Crippen LogP contribution in [0.1, 0.15) is 22.3 Å². The van der Waals surface area contributed by atoms with Gasteiger partial charge in [-0.3, -0.25) is 4.79 Å². The van der Waals surface area contributed by atoms with Crippen molar-refractivity contribution in [1.82, 2.24) is 5.43 Å². The predicted molar refractivity (Wildman–Crippen MR) is 137 cm³/mol. The zero-order valence-corrected chi connectivity index (χ0v) is 19.9. The van der Waals surface area contributed by atoms with E-state index in [1.165, 1.54) is 6.21 Å². The van der Waals surface area contributed by atoms with E-state index in [-0.39, 0.29) is 0 Å². The molecule has 0 aliphatic carbocycles. The minimum atomic E-state index is -1.87. The lowest BCUT2D eigenvalue weighted by molar-refractivity contribution is -0.136. The second kappa shape index (κ2) is 10.9. The van der Waals surface area contributed by atoms with Crippen molar-refractivity contribution in [3.05, 3.63) is 136 Å². The molecule has 0 saturated heterocycles. The Morgan fingerprint density at radius 1 is 0.853 bits per heavy atom. The van der Waals surface area contributed by atoms with E-state index in [1.54, 1.807) is 48.5 Å². The fourth-order valence-corrected chi connectivity index (χ4v) is 3.70. The molecule has 0 saturated carbocycles. The summed E-state index contributed by atoms with van der Waals surface area (Å²) in [6, 6.07) is 32.9. The van der Waals surface area contributed by atoms with Crippen LogP contribution in [0.25, 0.3) is 0 Å². The number of carbonyl (C=O) groups is 1. The number of hydrazone groups is 1. The number of hydrogen-bond donors (Lipinski definition) is 2. The van der Waals surface area contributed by atoms with E-state index in [4.69, 9.17) is 4.74 Å². The molecule has 5 nitrogen and oxygen atoms in total. The van der Waals surface area contributed by atoms with Gasteiger partial charge in [-0.05, 0) is 58.7 Å². The monoisotopic (exact) mass is 514 g/mol. The normalized spacial score (nSPS) is 11.4. The minimum Gasteiger partial charge on any atom is -0.489 e. The molecule has 1 amide bonds. The van der Waals surface area contributed by atoms with Crippen LogP contribution >= 0.6 is 15.9 Å². The van der Waals surface area contributed by atoms with Gasteiger partial charge in [-0.15, -0.1) is 0 Å². The molecule has 0 aromatic heterocycles. The summed E-state index contributed by atoms with van der Waals surface area (Å²) in [5, 5.41) is 15.5.